The molecule has 6 nitrogen and oxygen atoms in total. The van der Waals surface area contributed by atoms with Gasteiger partial charge in [0.2, 0.25) is 5.91 Å². The van der Waals surface area contributed by atoms with Crippen molar-refractivity contribution in [2.75, 3.05) is 11.4 Å². The lowest BCUT2D eigenvalue weighted by atomic mass is 10.1. The molecular weight excluding hydrogens is 360 g/mol. The summed E-state index contributed by atoms with van der Waals surface area (Å²) in [6.45, 7) is 1.72. The molecule has 0 saturated carbocycles. The highest BCUT2D eigenvalue weighted by molar-refractivity contribution is 7.09. The summed E-state index contributed by atoms with van der Waals surface area (Å²) in [6, 6.07) is 13.4. The molecule has 0 atom stereocenters. The van der Waals surface area contributed by atoms with Crippen molar-refractivity contribution in [3.63, 3.8) is 0 Å². The van der Waals surface area contributed by atoms with Crippen molar-refractivity contribution in [1.82, 2.24) is 15.1 Å². The summed E-state index contributed by atoms with van der Waals surface area (Å²) >= 11 is 1.70. The number of carbonyl (C=O) groups excluding carboxylic acids is 2. The van der Waals surface area contributed by atoms with Gasteiger partial charge in [-0.05, 0) is 35.6 Å². The first-order valence-corrected chi connectivity index (χ1v) is 9.80. The Hall–Kier alpha value is -2.93. The van der Waals surface area contributed by atoms with Crippen molar-refractivity contribution in [1.29, 1.82) is 0 Å². The first-order valence-electron chi connectivity index (χ1n) is 8.92. The van der Waals surface area contributed by atoms with Gasteiger partial charge in [0, 0.05) is 29.5 Å². The zero-order valence-corrected chi connectivity index (χ0v) is 15.6. The minimum Gasteiger partial charge on any atom is -0.352 e. The second kappa shape index (κ2) is 7.75. The number of anilines is 1. The van der Waals surface area contributed by atoms with Crippen LogP contribution in [0.2, 0.25) is 0 Å². The van der Waals surface area contributed by atoms with Crippen LogP contribution in [0.1, 0.15) is 27.2 Å². The first kappa shape index (κ1) is 17.5. The molecule has 1 aromatic carbocycles. The average molecular weight is 380 g/mol. The van der Waals surface area contributed by atoms with E-state index in [4.69, 9.17) is 0 Å². The van der Waals surface area contributed by atoms with Gasteiger partial charge in [0.25, 0.3) is 5.91 Å². The number of thiophene rings is 1. The average Bonchev–Trinajstić information content (AvgIpc) is 3.36. The third-order valence-corrected chi connectivity index (χ3v) is 5.54. The molecule has 0 saturated heterocycles. The third-order valence-electron chi connectivity index (χ3n) is 4.60. The normalized spacial score (nSPS) is 13.5. The quantitative estimate of drug-likeness (QED) is 0.715. The van der Waals surface area contributed by atoms with Gasteiger partial charge in [-0.15, -0.1) is 11.3 Å². The fraction of sp³-hybridized carbons (Fsp3) is 0.250. The van der Waals surface area contributed by atoms with Crippen LogP contribution in [0.25, 0.3) is 0 Å². The Morgan fingerprint density at radius 1 is 1.19 bits per heavy atom. The van der Waals surface area contributed by atoms with Gasteiger partial charge in [-0.1, -0.05) is 18.2 Å². The van der Waals surface area contributed by atoms with Crippen LogP contribution in [0.5, 0.6) is 0 Å². The molecule has 3 aromatic rings. The maximum Gasteiger partial charge on any atom is 0.251 e. The second-order valence-electron chi connectivity index (χ2n) is 6.42. The Morgan fingerprint density at radius 2 is 2.04 bits per heavy atom. The number of benzene rings is 1. The predicted octanol–water partition coefficient (Wildman–Crippen LogP) is 2.85. The van der Waals surface area contributed by atoms with E-state index in [1.54, 1.807) is 22.4 Å². The van der Waals surface area contributed by atoms with Crippen molar-refractivity contribution < 1.29 is 9.59 Å². The number of nitrogens with one attached hydrogen (secondary N) is 1. The number of aromatic nitrogens is 2. The molecule has 0 bridgehead atoms. The highest BCUT2D eigenvalue weighted by Gasteiger charge is 2.24. The van der Waals surface area contributed by atoms with Gasteiger partial charge in [0.05, 0.1) is 19.3 Å². The van der Waals surface area contributed by atoms with Crippen LogP contribution in [0.15, 0.2) is 54.0 Å². The Kier molecular flexibility index (Phi) is 5.02. The minimum absolute atomic E-state index is 0.0785. The van der Waals surface area contributed by atoms with Crippen molar-refractivity contribution in [2.24, 2.45) is 0 Å². The fourth-order valence-corrected chi connectivity index (χ4v) is 3.87. The van der Waals surface area contributed by atoms with E-state index in [9.17, 15) is 9.59 Å². The van der Waals surface area contributed by atoms with Crippen LogP contribution in [0, 0.1) is 0 Å². The number of carbonyl (C=O) groups is 2. The van der Waals surface area contributed by atoms with Crippen molar-refractivity contribution in [2.45, 2.75) is 25.9 Å². The second-order valence-corrected chi connectivity index (χ2v) is 7.46. The molecule has 0 unspecified atom stereocenters. The highest BCUT2D eigenvalue weighted by Crippen LogP contribution is 2.23. The predicted molar refractivity (Wildman–Crippen MR) is 105 cm³/mol. The van der Waals surface area contributed by atoms with Crippen LogP contribution in [-0.2, 0) is 24.3 Å². The molecule has 0 spiro atoms. The van der Waals surface area contributed by atoms with Gasteiger partial charge < -0.3 is 5.32 Å². The molecule has 1 aliphatic rings. The Labute approximate surface area is 161 Å². The van der Waals surface area contributed by atoms with Gasteiger partial charge >= 0.3 is 0 Å². The molecule has 1 aliphatic heterocycles. The summed E-state index contributed by atoms with van der Waals surface area (Å²) in [5.41, 5.74) is 1.60. The standard InChI is InChI=1S/C20H20N4O2S/c25-19-9-12-24-18(8-11-22-24)23(19)14-15-3-5-16(6-4-15)20(26)21-10-7-17-2-1-13-27-17/h1-6,8,11,13H,7,9-10,12,14H2,(H,21,26). The Balaban J connectivity index is 1.36. The summed E-state index contributed by atoms with van der Waals surface area (Å²) in [7, 11) is 0. The van der Waals surface area contributed by atoms with E-state index < -0.39 is 0 Å². The van der Waals surface area contributed by atoms with E-state index in [1.807, 2.05) is 46.5 Å². The van der Waals surface area contributed by atoms with Crippen LogP contribution in [-0.4, -0.2) is 28.1 Å². The molecule has 0 radical (unpaired) electrons. The van der Waals surface area contributed by atoms with Crippen molar-refractivity contribution in [3.8, 4) is 0 Å². The third kappa shape index (κ3) is 3.93. The molecule has 2 amide bonds. The van der Waals surface area contributed by atoms with E-state index >= 15 is 0 Å². The number of fused-ring (bicyclic) bond motifs is 1. The van der Waals surface area contributed by atoms with Crippen LogP contribution in [0.3, 0.4) is 0 Å². The molecule has 1 N–H and O–H groups in total. The van der Waals surface area contributed by atoms with Crippen molar-refractivity contribution >= 4 is 29.0 Å². The molecule has 7 heteroatoms. The van der Waals surface area contributed by atoms with Gasteiger partial charge in [-0.25, -0.2) is 4.68 Å². The van der Waals surface area contributed by atoms with E-state index in [-0.39, 0.29) is 11.8 Å². The SMILES string of the molecule is O=C(NCCc1cccs1)c1ccc(CN2C(=O)CCn3nccc32)cc1. The smallest absolute Gasteiger partial charge is 0.251 e. The molecule has 27 heavy (non-hydrogen) atoms. The van der Waals surface area contributed by atoms with Crippen LogP contribution in [0.4, 0.5) is 5.82 Å². The van der Waals surface area contributed by atoms with Gasteiger partial charge in [0.1, 0.15) is 5.82 Å². The van der Waals surface area contributed by atoms with Gasteiger partial charge in [0.15, 0.2) is 0 Å². The lowest BCUT2D eigenvalue weighted by Gasteiger charge is -2.27. The fourth-order valence-electron chi connectivity index (χ4n) is 3.16. The monoisotopic (exact) mass is 380 g/mol. The summed E-state index contributed by atoms with van der Waals surface area (Å²) in [5, 5.41) is 9.22. The van der Waals surface area contributed by atoms with Crippen LogP contribution >= 0.6 is 11.3 Å². The van der Waals surface area contributed by atoms with E-state index in [0.29, 0.717) is 31.6 Å². The summed E-state index contributed by atoms with van der Waals surface area (Å²) in [5.74, 6) is 0.838. The van der Waals surface area contributed by atoms with Crippen molar-refractivity contribution in [3.05, 3.63) is 70.0 Å². The number of rotatable bonds is 6. The lowest BCUT2D eigenvalue weighted by Crippen LogP contribution is -2.36. The molecular formula is C20H20N4O2S. The summed E-state index contributed by atoms with van der Waals surface area (Å²) < 4.78 is 1.84. The highest BCUT2D eigenvalue weighted by atomic mass is 32.1. The number of hydrogen-bond donors (Lipinski definition) is 1. The maximum atomic E-state index is 12.3. The zero-order valence-electron chi connectivity index (χ0n) is 14.8. The summed E-state index contributed by atoms with van der Waals surface area (Å²) in [4.78, 5) is 27.5. The number of amides is 2. The summed E-state index contributed by atoms with van der Waals surface area (Å²) in [6.07, 6.45) is 3.01. The number of nitrogens with zero attached hydrogens (tertiary/aromatic N) is 3. The van der Waals surface area contributed by atoms with Gasteiger partial charge in [-0.3, -0.25) is 14.5 Å². The molecule has 3 heterocycles. The first-order chi connectivity index (χ1) is 13.2. The van der Waals surface area contributed by atoms with Crippen LogP contribution < -0.4 is 10.2 Å². The minimum atomic E-state index is -0.0785. The molecule has 0 fully saturated rings. The largest absolute Gasteiger partial charge is 0.352 e. The Bertz CT molecular complexity index is 931. The lowest BCUT2D eigenvalue weighted by molar-refractivity contribution is -0.119. The number of hydrogen-bond acceptors (Lipinski definition) is 4. The van der Waals surface area contributed by atoms with E-state index in [1.165, 1.54) is 4.88 Å². The molecule has 138 valence electrons. The van der Waals surface area contributed by atoms with Gasteiger partial charge in [-0.2, -0.15) is 5.10 Å². The zero-order chi connectivity index (χ0) is 18.6. The topological polar surface area (TPSA) is 67.2 Å². The Morgan fingerprint density at radius 3 is 2.81 bits per heavy atom. The number of aryl methyl sites for hydroxylation is 1. The molecule has 2 aromatic heterocycles. The van der Waals surface area contributed by atoms with E-state index in [0.717, 1.165) is 17.8 Å². The molecule has 4 rings (SSSR count). The molecule has 0 aliphatic carbocycles. The maximum absolute atomic E-state index is 12.3. The van der Waals surface area contributed by atoms with E-state index in [2.05, 4.69) is 16.5 Å².